The Hall–Kier alpha value is -2.31. The fourth-order valence-corrected chi connectivity index (χ4v) is 4.07. The lowest BCUT2D eigenvalue weighted by Crippen LogP contribution is -2.39. The summed E-state index contributed by atoms with van der Waals surface area (Å²) in [6.07, 6.45) is 3.22. The summed E-state index contributed by atoms with van der Waals surface area (Å²) in [5.41, 5.74) is 1.30. The lowest BCUT2D eigenvalue weighted by atomic mass is 9.94. The van der Waals surface area contributed by atoms with Crippen LogP contribution in [-0.2, 0) is 16.1 Å². The van der Waals surface area contributed by atoms with Crippen LogP contribution in [0.1, 0.15) is 49.0 Å². The molecule has 2 heterocycles. The van der Waals surface area contributed by atoms with Gasteiger partial charge in [0.05, 0.1) is 18.2 Å². The van der Waals surface area contributed by atoms with E-state index >= 15 is 0 Å². The average Bonchev–Trinajstić information content (AvgIpc) is 2.70. The van der Waals surface area contributed by atoms with Crippen LogP contribution in [-0.4, -0.2) is 40.2 Å². The van der Waals surface area contributed by atoms with Gasteiger partial charge in [0, 0.05) is 10.7 Å². The van der Waals surface area contributed by atoms with Crippen LogP contribution in [0.3, 0.4) is 0 Å². The predicted molar refractivity (Wildman–Crippen MR) is 112 cm³/mol. The maximum Gasteiger partial charge on any atom is 0.326 e. The minimum atomic E-state index is -0.477. The maximum absolute atomic E-state index is 13.4. The van der Waals surface area contributed by atoms with Crippen molar-refractivity contribution in [2.75, 3.05) is 19.7 Å². The monoisotopic (exact) mass is 418 g/mol. The molecule has 3 rings (SSSR count). The zero-order valence-corrected chi connectivity index (χ0v) is 17.6. The standard InChI is InChI=1S/C22H27ClN2O4/c1-3-29-19(27)14-25-15(2)13-18(26)20(22(25)28)21(24-11-5-4-6-12-24)16-7-9-17(23)10-8-16/h7-10,13,21,26H,3-6,11-12,14H2,1-2H3. The molecule has 1 saturated heterocycles. The molecule has 1 aromatic carbocycles. The first-order valence-electron chi connectivity index (χ1n) is 10.0. The summed E-state index contributed by atoms with van der Waals surface area (Å²) >= 11 is 6.06. The first kappa shape index (κ1) is 21.4. The summed E-state index contributed by atoms with van der Waals surface area (Å²) in [6.45, 7) is 5.15. The highest BCUT2D eigenvalue weighted by Gasteiger charge is 2.30. The number of aromatic nitrogens is 1. The van der Waals surface area contributed by atoms with Gasteiger partial charge in [0.15, 0.2) is 0 Å². The minimum absolute atomic E-state index is 0.0573. The quantitative estimate of drug-likeness (QED) is 0.725. The third kappa shape index (κ3) is 4.82. The highest BCUT2D eigenvalue weighted by Crippen LogP contribution is 2.34. The second-order valence-corrected chi connectivity index (χ2v) is 7.77. The summed E-state index contributed by atoms with van der Waals surface area (Å²) in [5.74, 6) is -0.534. The van der Waals surface area contributed by atoms with E-state index in [4.69, 9.17) is 16.3 Å². The van der Waals surface area contributed by atoms with Crippen LogP contribution in [0.2, 0.25) is 5.02 Å². The summed E-state index contributed by atoms with van der Waals surface area (Å²) in [4.78, 5) is 27.7. The van der Waals surface area contributed by atoms with Gasteiger partial charge in [-0.1, -0.05) is 30.2 Å². The molecule has 2 aromatic rings. The van der Waals surface area contributed by atoms with E-state index < -0.39 is 12.0 Å². The van der Waals surface area contributed by atoms with Gasteiger partial charge < -0.3 is 14.4 Å². The number of halogens is 1. The normalized spacial score (nSPS) is 15.8. The van der Waals surface area contributed by atoms with Gasteiger partial charge in [-0.25, -0.2) is 0 Å². The third-order valence-corrected chi connectivity index (χ3v) is 5.58. The number of carbonyl (C=O) groups excluding carboxylic acids is 1. The number of pyridine rings is 1. The summed E-state index contributed by atoms with van der Waals surface area (Å²) in [7, 11) is 0. The number of hydrogen-bond donors (Lipinski definition) is 1. The molecule has 1 atom stereocenters. The Morgan fingerprint density at radius 3 is 2.48 bits per heavy atom. The van der Waals surface area contributed by atoms with Crippen molar-refractivity contribution in [2.45, 2.75) is 45.7 Å². The van der Waals surface area contributed by atoms with Gasteiger partial charge in [0.25, 0.3) is 5.56 Å². The van der Waals surface area contributed by atoms with Gasteiger partial charge in [-0.3, -0.25) is 14.5 Å². The van der Waals surface area contributed by atoms with E-state index in [0.29, 0.717) is 10.7 Å². The van der Waals surface area contributed by atoms with Crippen LogP contribution in [0.5, 0.6) is 5.75 Å². The summed E-state index contributed by atoms with van der Waals surface area (Å²) in [5, 5.41) is 11.4. The Morgan fingerprint density at radius 1 is 1.21 bits per heavy atom. The SMILES string of the molecule is CCOC(=O)Cn1c(C)cc(O)c(C(c2ccc(Cl)cc2)N2CCCCC2)c1=O. The van der Waals surface area contributed by atoms with Crippen molar-refractivity contribution in [3.8, 4) is 5.75 Å². The zero-order chi connectivity index (χ0) is 21.0. The highest BCUT2D eigenvalue weighted by atomic mass is 35.5. The largest absolute Gasteiger partial charge is 0.507 e. The van der Waals surface area contributed by atoms with Crippen molar-refractivity contribution in [1.29, 1.82) is 0 Å². The van der Waals surface area contributed by atoms with Crippen LogP contribution in [0.15, 0.2) is 35.1 Å². The predicted octanol–water partition coefficient (Wildman–Crippen LogP) is 3.65. The molecule has 0 aliphatic carbocycles. The maximum atomic E-state index is 13.4. The van der Waals surface area contributed by atoms with Crippen LogP contribution < -0.4 is 5.56 Å². The Morgan fingerprint density at radius 2 is 1.86 bits per heavy atom. The van der Waals surface area contributed by atoms with Gasteiger partial charge in [-0.15, -0.1) is 0 Å². The third-order valence-electron chi connectivity index (χ3n) is 5.33. The molecule has 29 heavy (non-hydrogen) atoms. The fraction of sp³-hybridized carbons (Fsp3) is 0.455. The second-order valence-electron chi connectivity index (χ2n) is 7.33. The molecule has 1 aliphatic heterocycles. The van der Waals surface area contributed by atoms with Crippen molar-refractivity contribution in [2.24, 2.45) is 0 Å². The van der Waals surface area contributed by atoms with E-state index in [-0.39, 0.29) is 30.0 Å². The molecule has 0 bridgehead atoms. The minimum Gasteiger partial charge on any atom is -0.507 e. The van der Waals surface area contributed by atoms with E-state index in [9.17, 15) is 14.7 Å². The van der Waals surface area contributed by atoms with Crippen LogP contribution >= 0.6 is 11.6 Å². The molecule has 0 spiro atoms. The average molecular weight is 419 g/mol. The first-order valence-corrected chi connectivity index (χ1v) is 10.4. The van der Waals surface area contributed by atoms with Gasteiger partial charge in [-0.2, -0.15) is 0 Å². The number of ether oxygens (including phenoxy) is 1. The number of carbonyl (C=O) groups is 1. The van der Waals surface area contributed by atoms with Crippen molar-refractivity contribution in [3.63, 3.8) is 0 Å². The first-order chi connectivity index (χ1) is 13.9. The Bertz CT molecular complexity index is 918. The smallest absolute Gasteiger partial charge is 0.326 e. The molecule has 7 heteroatoms. The van der Waals surface area contributed by atoms with Crippen LogP contribution in [0.4, 0.5) is 0 Å². The summed E-state index contributed by atoms with van der Waals surface area (Å²) in [6, 6.07) is 8.48. The Labute approximate surface area is 175 Å². The number of esters is 1. The van der Waals surface area contributed by atoms with Crippen molar-refractivity contribution >= 4 is 17.6 Å². The van der Waals surface area contributed by atoms with E-state index in [2.05, 4.69) is 4.90 Å². The van der Waals surface area contributed by atoms with E-state index in [1.165, 1.54) is 4.57 Å². The molecule has 1 unspecified atom stereocenters. The van der Waals surface area contributed by atoms with Crippen molar-refractivity contribution < 1.29 is 14.6 Å². The zero-order valence-electron chi connectivity index (χ0n) is 16.9. The summed E-state index contributed by atoms with van der Waals surface area (Å²) < 4.78 is 6.39. The van der Waals surface area contributed by atoms with Gasteiger partial charge >= 0.3 is 5.97 Å². The Kier molecular flexibility index (Phi) is 6.98. The highest BCUT2D eigenvalue weighted by molar-refractivity contribution is 6.30. The Balaban J connectivity index is 2.12. The number of piperidine rings is 1. The second kappa shape index (κ2) is 9.46. The number of aromatic hydroxyl groups is 1. The van der Waals surface area contributed by atoms with E-state index in [1.807, 2.05) is 12.1 Å². The molecular weight excluding hydrogens is 392 g/mol. The van der Waals surface area contributed by atoms with Crippen molar-refractivity contribution in [1.82, 2.24) is 9.47 Å². The molecule has 156 valence electrons. The lowest BCUT2D eigenvalue weighted by molar-refractivity contribution is -0.143. The molecule has 0 saturated carbocycles. The number of likely N-dealkylation sites (tertiary alicyclic amines) is 1. The van der Waals surface area contributed by atoms with E-state index in [0.717, 1.165) is 37.9 Å². The van der Waals surface area contributed by atoms with E-state index in [1.54, 1.807) is 32.0 Å². The van der Waals surface area contributed by atoms with Crippen molar-refractivity contribution in [3.05, 3.63) is 62.5 Å². The topological polar surface area (TPSA) is 71.8 Å². The molecule has 0 amide bonds. The fourth-order valence-electron chi connectivity index (χ4n) is 3.94. The van der Waals surface area contributed by atoms with Crippen LogP contribution in [0.25, 0.3) is 0 Å². The number of aryl methyl sites for hydroxylation is 1. The molecule has 1 aliphatic rings. The van der Waals surface area contributed by atoms with Gasteiger partial charge in [-0.05, 0) is 63.5 Å². The lowest BCUT2D eigenvalue weighted by Gasteiger charge is -2.35. The molecule has 1 N–H and O–H groups in total. The molecule has 6 nitrogen and oxygen atoms in total. The number of hydrogen-bond acceptors (Lipinski definition) is 5. The molecule has 0 radical (unpaired) electrons. The van der Waals surface area contributed by atoms with Gasteiger partial charge in [0.1, 0.15) is 12.3 Å². The molecule has 1 aromatic heterocycles. The molecular formula is C22H27ClN2O4. The number of benzene rings is 1. The molecule has 1 fully saturated rings. The van der Waals surface area contributed by atoms with Gasteiger partial charge in [0.2, 0.25) is 0 Å². The van der Waals surface area contributed by atoms with Crippen LogP contribution in [0, 0.1) is 6.92 Å². The number of rotatable bonds is 6. The number of nitrogens with zero attached hydrogens (tertiary/aromatic N) is 2.